The van der Waals surface area contributed by atoms with Crippen LogP contribution in [0.3, 0.4) is 0 Å². The fraction of sp³-hybridized carbons (Fsp3) is 0.545. The first kappa shape index (κ1) is 9.62. The predicted octanol–water partition coefficient (Wildman–Crippen LogP) is 0.756. The summed E-state index contributed by atoms with van der Waals surface area (Å²) in [4.78, 5) is 6.66. The zero-order valence-corrected chi connectivity index (χ0v) is 8.28. The van der Waals surface area contributed by atoms with Crippen LogP contribution in [0.15, 0.2) is 18.3 Å². The summed E-state index contributed by atoms with van der Waals surface area (Å²) in [5.41, 5.74) is 1.05. The Labute approximate surface area is 84.7 Å². The molecule has 0 bridgehead atoms. The first-order valence-electron chi connectivity index (χ1n) is 5.07. The molecule has 3 nitrogen and oxygen atoms in total. The number of morpholine rings is 1. The van der Waals surface area contributed by atoms with Crippen LogP contribution in [0.1, 0.15) is 5.69 Å². The number of aromatic nitrogens is 1. The molecule has 0 aliphatic carbocycles. The Morgan fingerprint density at radius 1 is 1.43 bits per heavy atom. The standard InChI is InChI=1S/C11H15N2O/c1-2-5-12-11(3-1)4-6-13-7-9-14-10-8-13/h1-2,5H,4,6-10H2. The van der Waals surface area contributed by atoms with Crippen LogP contribution in [-0.4, -0.2) is 42.7 Å². The van der Waals surface area contributed by atoms with Gasteiger partial charge in [-0.1, -0.05) is 6.07 Å². The summed E-state index contributed by atoms with van der Waals surface area (Å²) < 4.78 is 5.29. The third-order valence-corrected chi connectivity index (χ3v) is 2.43. The average molecular weight is 191 g/mol. The summed E-state index contributed by atoms with van der Waals surface area (Å²) in [6, 6.07) is 6.96. The predicted molar refractivity (Wildman–Crippen MR) is 54.0 cm³/mol. The molecule has 0 aromatic carbocycles. The van der Waals surface area contributed by atoms with E-state index in [9.17, 15) is 0 Å². The summed E-state index contributed by atoms with van der Waals surface area (Å²) in [6.07, 6.45) is 2.81. The van der Waals surface area contributed by atoms with Gasteiger partial charge < -0.3 is 4.74 Å². The largest absolute Gasteiger partial charge is 0.379 e. The van der Waals surface area contributed by atoms with Gasteiger partial charge in [-0.2, -0.15) is 0 Å². The molecule has 2 heterocycles. The quantitative estimate of drug-likeness (QED) is 0.705. The molecule has 3 heteroatoms. The monoisotopic (exact) mass is 191 g/mol. The summed E-state index contributed by atoms with van der Waals surface area (Å²) in [7, 11) is 0. The van der Waals surface area contributed by atoms with Gasteiger partial charge in [0, 0.05) is 44.0 Å². The Kier molecular flexibility index (Phi) is 3.49. The maximum atomic E-state index is 5.29. The molecule has 0 spiro atoms. The Balaban J connectivity index is 1.76. The highest BCUT2D eigenvalue weighted by Gasteiger charge is 2.09. The Morgan fingerprint density at radius 3 is 3.00 bits per heavy atom. The van der Waals surface area contributed by atoms with E-state index in [1.54, 1.807) is 0 Å². The first-order valence-corrected chi connectivity index (χ1v) is 5.07. The Bertz CT molecular complexity index is 257. The second-order valence-electron chi connectivity index (χ2n) is 3.43. The zero-order valence-electron chi connectivity index (χ0n) is 8.28. The molecule has 14 heavy (non-hydrogen) atoms. The van der Waals surface area contributed by atoms with Crippen molar-refractivity contribution < 1.29 is 4.74 Å². The van der Waals surface area contributed by atoms with Crippen molar-refractivity contribution in [1.82, 2.24) is 9.88 Å². The number of hydrogen-bond acceptors (Lipinski definition) is 3. The van der Waals surface area contributed by atoms with Gasteiger partial charge in [-0.05, 0) is 6.07 Å². The molecule has 1 aromatic heterocycles. The SMILES string of the molecule is [c]1cccnc1CCN1CCOCC1. The molecular weight excluding hydrogens is 176 g/mol. The minimum Gasteiger partial charge on any atom is -0.379 e. The van der Waals surface area contributed by atoms with E-state index in [0.717, 1.165) is 45.0 Å². The van der Waals surface area contributed by atoms with E-state index in [2.05, 4.69) is 16.0 Å². The van der Waals surface area contributed by atoms with Gasteiger partial charge in [0.25, 0.3) is 0 Å². The van der Waals surface area contributed by atoms with Crippen molar-refractivity contribution in [2.45, 2.75) is 6.42 Å². The highest BCUT2D eigenvalue weighted by molar-refractivity contribution is 5.01. The van der Waals surface area contributed by atoms with Gasteiger partial charge in [0.2, 0.25) is 0 Å². The molecule has 0 unspecified atom stereocenters. The smallest absolute Gasteiger partial charge is 0.0594 e. The van der Waals surface area contributed by atoms with E-state index >= 15 is 0 Å². The van der Waals surface area contributed by atoms with Crippen LogP contribution in [0.25, 0.3) is 0 Å². The van der Waals surface area contributed by atoms with E-state index in [1.165, 1.54) is 0 Å². The molecule has 0 amide bonds. The lowest BCUT2D eigenvalue weighted by Crippen LogP contribution is -2.37. The van der Waals surface area contributed by atoms with Gasteiger partial charge in [0.05, 0.1) is 13.2 Å². The number of rotatable bonds is 3. The molecule has 1 aromatic rings. The number of ether oxygens (including phenoxy) is 1. The molecule has 0 saturated carbocycles. The molecule has 1 aliphatic rings. The fourth-order valence-corrected chi connectivity index (χ4v) is 1.58. The highest BCUT2D eigenvalue weighted by atomic mass is 16.5. The molecule has 1 aliphatic heterocycles. The topological polar surface area (TPSA) is 25.4 Å². The van der Waals surface area contributed by atoms with E-state index in [1.807, 2.05) is 18.3 Å². The van der Waals surface area contributed by atoms with Gasteiger partial charge in [-0.15, -0.1) is 0 Å². The fourth-order valence-electron chi connectivity index (χ4n) is 1.58. The van der Waals surface area contributed by atoms with E-state index in [4.69, 9.17) is 4.74 Å². The second kappa shape index (κ2) is 5.08. The average Bonchev–Trinajstić information content (AvgIpc) is 2.29. The molecule has 1 fully saturated rings. The van der Waals surface area contributed by atoms with Gasteiger partial charge in [-0.25, -0.2) is 0 Å². The van der Waals surface area contributed by atoms with E-state index in [0.29, 0.717) is 0 Å². The summed E-state index contributed by atoms with van der Waals surface area (Å²) in [5, 5.41) is 0. The lowest BCUT2D eigenvalue weighted by molar-refractivity contribution is 0.0383. The highest BCUT2D eigenvalue weighted by Crippen LogP contribution is 2.00. The minimum atomic E-state index is 0.867. The van der Waals surface area contributed by atoms with Crippen LogP contribution in [0.5, 0.6) is 0 Å². The van der Waals surface area contributed by atoms with Crippen LogP contribution in [-0.2, 0) is 11.2 Å². The maximum absolute atomic E-state index is 5.29. The van der Waals surface area contributed by atoms with Gasteiger partial charge in [-0.3, -0.25) is 9.88 Å². The molecule has 1 radical (unpaired) electrons. The Morgan fingerprint density at radius 2 is 2.29 bits per heavy atom. The van der Waals surface area contributed by atoms with Crippen molar-refractivity contribution >= 4 is 0 Å². The van der Waals surface area contributed by atoms with Crippen LogP contribution in [0.2, 0.25) is 0 Å². The molecule has 0 N–H and O–H groups in total. The van der Waals surface area contributed by atoms with Gasteiger partial charge in [0.15, 0.2) is 0 Å². The molecular formula is C11H15N2O. The number of hydrogen-bond donors (Lipinski definition) is 0. The minimum absolute atomic E-state index is 0.867. The number of pyridine rings is 1. The van der Waals surface area contributed by atoms with Gasteiger partial charge in [0.1, 0.15) is 0 Å². The summed E-state index contributed by atoms with van der Waals surface area (Å²) in [5.74, 6) is 0. The second-order valence-corrected chi connectivity index (χ2v) is 3.43. The van der Waals surface area contributed by atoms with Crippen molar-refractivity contribution in [2.24, 2.45) is 0 Å². The molecule has 75 valence electrons. The van der Waals surface area contributed by atoms with Gasteiger partial charge >= 0.3 is 0 Å². The summed E-state index contributed by atoms with van der Waals surface area (Å²) in [6.45, 7) is 4.90. The van der Waals surface area contributed by atoms with Crippen molar-refractivity contribution in [3.05, 3.63) is 30.1 Å². The third kappa shape index (κ3) is 2.79. The molecule has 0 atom stereocenters. The molecule has 1 saturated heterocycles. The summed E-state index contributed by atoms with van der Waals surface area (Å²) >= 11 is 0. The third-order valence-electron chi connectivity index (χ3n) is 2.43. The number of nitrogens with zero attached hydrogens (tertiary/aromatic N) is 2. The Hall–Kier alpha value is -0.930. The van der Waals surface area contributed by atoms with Crippen molar-refractivity contribution in [2.75, 3.05) is 32.8 Å². The lowest BCUT2D eigenvalue weighted by atomic mass is 10.2. The van der Waals surface area contributed by atoms with Crippen LogP contribution >= 0.6 is 0 Å². The zero-order chi connectivity index (χ0) is 9.64. The van der Waals surface area contributed by atoms with Crippen LogP contribution in [0.4, 0.5) is 0 Å². The van der Waals surface area contributed by atoms with Crippen molar-refractivity contribution in [3.63, 3.8) is 0 Å². The lowest BCUT2D eigenvalue weighted by Gasteiger charge is -2.26. The normalized spacial score (nSPS) is 18.3. The molecule has 2 rings (SSSR count). The van der Waals surface area contributed by atoms with Crippen molar-refractivity contribution in [3.8, 4) is 0 Å². The van der Waals surface area contributed by atoms with Crippen LogP contribution < -0.4 is 0 Å². The van der Waals surface area contributed by atoms with E-state index < -0.39 is 0 Å². The van der Waals surface area contributed by atoms with E-state index in [-0.39, 0.29) is 0 Å². The van der Waals surface area contributed by atoms with Crippen molar-refractivity contribution in [1.29, 1.82) is 0 Å². The maximum Gasteiger partial charge on any atom is 0.0594 e. The first-order chi connectivity index (χ1) is 6.95. The van der Waals surface area contributed by atoms with Crippen LogP contribution in [0, 0.1) is 6.07 Å².